The van der Waals surface area contributed by atoms with Crippen molar-refractivity contribution in [3.63, 3.8) is 0 Å². The third-order valence-electron chi connectivity index (χ3n) is 0.706. The molecule has 42 valence electrons. The number of alkyl halides is 1. The van der Waals surface area contributed by atoms with Crippen LogP contribution in [-0.2, 0) is 0 Å². The highest BCUT2D eigenvalue weighted by Gasteiger charge is 1.79. The van der Waals surface area contributed by atoms with Gasteiger partial charge in [0.2, 0.25) is 0 Å². The number of thiocarbonyl (C=S) groups is 1. The maximum atomic E-state index is 4.63. The number of halogens is 1. The van der Waals surface area contributed by atoms with Gasteiger partial charge in [-0.05, 0) is 24.6 Å². The van der Waals surface area contributed by atoms with E-state index >= 15 is 0 Å². The molecular weight excluding hydrogens is 172 g/mol. The molecule has 0 heterocycles. The van der Waals surface area contributed by atoms with E-state index in [9.17, 15) is 0 Å². The smallest absolute Gasteiger partial charge is 0.00314 e. The minimum atomic E-state index is 1.08. The van der Waals surface area contributed by atoms with Gasteiger partial charge in [0.05, 0.1) is 0 Å². The molecule has 0 bridgehead atoms. The van der Waals surface area contributed by atoms with Crippen molar-refractivity contribution < 1.29 is 0 Å². The second-order valence-corrected chi connectivity index (χ2v) is 2.48. The van der Waals surface area contributed by atoms with Gasteiger partial charge in [-0.25, -0.2) is 0 Å². The maximum absolute atomic E-state index is 4.63. The molecule has 0 N–H and O–H groups in total. The molecule has 2 heteroatoms. The Balaban J connectivity index is 2.56. The van der Waals surface area contributed by atoms with Crippen LogP contribution in [0.15, 0.2) is 0 Å². The van der Waals surface area contributed by atoms with Gasteiger partial charge in [-0.2, -0.15) is 0 Å². The second kappa shape index (κ2) is 6.57. The number of hydrogen-bond donors (Lipinski definition) is 0. The van der Waals surface area contributed by atoms with Crippen LogP contribution in [0.5, 0.6) is 0 Å². The Morgan fingerprint density at radius 3 is 2.57 bits per heavy atom. The van der Waals surface area contributed by atoms with Gasteiger partial charge in [-0.1, -0.05) is 28.1 Å². The van der Waals surface area contributed by atoms with E-state index in [2.05, 4.69) is 28.1 Å². The summed E-state index contributed by atoms with van der Waals surface area (Å²) in [6.45, 7) is 0. The lowest BCUT2D eigenvalue weighted by molar-refractivity contribution is 0.861. The molecule has 0 nitrogen and oxygen atoms in total. The van der Waals surface area contributed by atoms with Crippen LogP contribution >= 0.6 is 28.1 Å². The second-order valence-electron chi connectivity index (χ2n) is 1.35. The molecule has 0 spiro atoms. The fourth-order valence-corrected chi connectivity index (χ4v) is 0.885. The van der Waals surface area contributed by atoms with Crippen LogP contribution in [-0.4, -0.2) is 10.7 Å². The highest BCUT2D eigenvalue weighted by molar-refractivity contribution is 9.09. The monoisotopic (exact) mass is 180 g/mol. The predicted molar refractivity (Wildman–Crippen MR) is 41.3 cm³/mol. The Morgan fingerprint density at radius 2 is 2.14 bits per heavy atom. The van der Waals surface area contributed by atoms with Crippen LogP contribution in [0.3, 0.4) is 0 Å². The molecule has 0 aromatic heterocycles. The van der Waals surface area contributed by atoms with Crippen molar-refractivity contribution in [2.24, 2.45) is 0 Å². The van der Waals surface area contributed by atoms with Gasteiger partial charge in [-0.15, -0.1) is 0 Å². The highest BCUT2D eigenvalue weighted by atomic mass is 79.9. The van der Waals surface area contributed by atoms with Gasteiger partial charge in [0.15, 0.2) is 0 Å². The van der Waals surface area contributed by atoms with Gasteiger partial charge >= 0.3 is 0 Å². The average Bonchev–Trinajstić information content (AvgIpc) is 1.69. The van der Waals surface area contributed by atoms with Gasteiger partial charge < -0.3 is 0 Å². The number of unbranched alkanes of at least 4 members (excludes halogenated alkanes) is 2. The number of rotatable bonds is 4. The topological polar surface area (TPSA) is 0 Å². The van der Waals surface area contributed by atoms with Crippen molar-refractivity contribution >= 4 is 33.5 Å². The molecule has 0 aliphatic heterocycles. The van der Waals surface area contributed by atoms with Crippen LogP contribution in [0, 0.1) is 0 Å². The molecule has 0 aromatic rings. The molecule has 0 aliphatic carbocycles. The van der Waals surface area contributed by atoms with Gasteiger partial charge in [0.1, 0.15) is 0 Å². The summed E-state index contributed by atoms with van der Waals surface area (Å²) in [5.41, 5.74) is 0. The molecule has 0 rings (SSSR count). The average molecular weight is 181 g/mol. The fraction of sp³-hybridized carbons (Fsp3) is 0.800. The fourth-order valence-electron chi connectivity index (χ4n) is 0.322. The zero-order chi connectivity index (χ0) is 5.54. The summed E-state index contributed by atoms with van der Waals surface area (Å²) in [5, 5.41) is 2.90. The first kappa shape index (κ1) is 7.57. The first-order valence-electron chi connectivity index (χ1n) is 2.41. The van der Waals surface area contributed by atoms with E-state index < -0.39 is 0 Å². The lowest BCUT2D eigenvalue weighted by Crippen LogP contribution is -1.74. The lowest BCUT2D eigenvalue weighted by Gasteiger charge is -1.85. The zero-order valence-corrected chi connectivity index (χ0v) is 6.59. The van der Waals surface area contributed by atoms with Crippen LogP contribution in [0.4, 0.5) is 0 Å². The molecule has 0 fully saturated rings. The molecule has 0 radical (unpaired) electrons. The number of hydrogen-bond acceptors (Lipinski definition) is 1. The van der Waals surface area contributed by atoms with E-state index in [1.54, 1.807) is 5.37 Å². The Labute approximate surface area is 58.4 Å². The SMILES string of the molecule is S=CCCCCBr. The maximum Gasteiger partial charge on any atom is 0.00314 e. The normalized spacial score (nSPS) is 8.71. The van der Waals surface area contributed by atoms with E-state index in [4.69, 9.17) is 0 Å². The molecule has 0 atom stereocenters. The molecule has 0 unspecified atom stereocenters. The minimum absolute atomic E-state index is 1.08. The molecular formula is C5H9BrS. The van der Waals surface area contributed by atoms with E-state index in [1.807, 2.05) is 0 Å². The van der Waals surface area contributed by atoms with Crippen molar-refractivity contribution in [1.29, 1.82) is 0 Å². The quantitative estimate of drug-likeness (QED) is 0.365. The summed E-state index contributed by atoms with van der Waals surface area (Å²) < 4.78 is 0. The van der Waals surface area contributed by atoms with Crippen molar-refractivity contribution in [2.75, 3.05) is 5.33 Å². The summed E-state index contributed by atoms with van der Waals surface area (Å²) in [6, 6.07) is 0. The third-order valence-corrected chi connectivity index (χ3v) is 1.50. The summed E-state index contributed by atoms with van der Waals surface area (Å²) in [5.74, 6) is 0. The van der Waals surface area contributed by atoms with E-state index in [-0.39, 0.29) is 0 Å². The molecule has 0 saturated carbocycles. The molecule has 0 aliphatic rings. The highest BCUT2D eigenvalue weighted by Crippen LogP contribution is 1.95. The summed E-state index contributed by atoms with van der Waals surface area (Å²) in [6.07, 6.45) is 3.56. The predicted octanol–water partition coefficient (Wildman–Crippen LogP) is 2.55. The zero-order valence-electron chi connectivity index (χ0n) is 4.19. The van der Waals surface area contributed by atoms with Crippen LogP contribution in [0.25, 0.3) is 0 Å². The largest absolute Gasteiger partial charge is 0.0935 e. The van der Waals surface area contributed by atoms with Crippen molar-refractivity contribution in [1.82, 2.24) is 0 Å². The Hall–Kier alpha value is 0.570. The lowest BCUT2D eigenvalue weighted by atomic mass is 10.3. The summed E-state index contributed by atoms with van der Waals surface area (Å²) in [7, 11) is 0. The third kappa shape index (κ3) is 6.57. The molecule has 0 aromatic carbocycles. The molecule has 7 heavy (non-hydrogen) atoms. The summed E-state index contributed by atoms with van der Waals surface area (Å²) >= 11 is 7.96. The van der Waals surface area contributed by atoms with Crippen LogP contribution in [0.2, 0.25) is 0 Å². The van der Waals surface area contributed by atoms with Crippen molar-refractivity contribution in [3.05, 3.63) is 0 Å². The van der Waals surface area contributed by atoms with Gasteiger partial charge in [0, 0.05) is 5.33 Å². The van der Waals surface area contributed by atoms with E-state index in [1.165, 1.54) is 12.8 Å². The minimum Gasteiger partial charge on any atom is -0.0935 e. The Bertz CT molecular complexity index is 45.3. The Morgan fingerprint density at radius 1 is 1.43 bits per heavy atom. The van der Waals surface area contributed by atoms with E-state index in [0.717, 1.165) is 11.8 Å². The first-order valence-corrected chi connectivity index (χ1v) is 4.00. The molecule has 0 amide bonds. The van der Waals surface area contributed by atoms with Crippen molar-refractivity contribution in [3.8, 4) is 0 Å². The van der Waals surface area contributed by atoms with Crippen molar-refractivity contribution in [2.45, 2.75) is 19.3 Å². The van der Waals surface area contributed by atoms with Gasteiger partial charge in [-0.3, -0.25) is 0 Å². The molecule has 0 saturated heterocycles. The Kier molecular flexibility index (Phi) is 7.10. The van der Waals surface area contributed by atoms with Crippen LogP contribution < -0.4 is 0 Å². The van der Waals surface area contributed by atoms with Crippen LogP contribution in [0.1, 0.15) is 19.3 Å². The van der Waals surface area contributed by atoms with Gasteiger partial charge in [0.25, 0.3) is 0 Å². The standard InChI is InChI=1S/C5H9BrS/c6-4-2-1-3-5-7/h5H,1-4H2. The van der Waals surface area contributed by atoms with E-state index in [0.29, 0.717) is 0 Å². The first-order chi connectivity index (χ1) is 3.41. The summed E-state index contributed by atoms with van der Waals surface area (Å²) in [4.78, 5) is 0.